The van der Waals surface area contributed by atoms with Crippen LogP contribution in [0.4, 0.5) is 5.13 Å². The van der Waals surface area contributed by atoms with Crippen LogP contribution >= 0.6 is 22.9 Å². The van der Waals surface area contributed by atoms with Gasteiger partial charge in [0.05, 0.1) is 36.8 Å². The van der Waals surface area contributed by atoms with E-state index in [-0.39, 0.29) is 5.91 Å². The molecule has 4 aromatic rings. The van der Waals surface area contributed by atoms with E-state index in [1.165, 1.54) is 23.1 Å². The van der Waals surface area contributed by atoms with Gasteiger partial charge >= 0.3 is 0 Å². The highest BCUT2D eigenvalue weighted by atomic mass is 35.5. The number of carbonyl (C=O) groups excluding carboxylic acids is 1. The van der Waals surface area contributed by atoms with Gasteiger partial charge in [0.1, 0.15) is 10.9 Å². The van der Waals surface area contributed by atoms with Crippen LogP contribution in [-0.2, 0) is 4.74 Å². The van der Waals surface area contributed by atoms with E-state index in [0.717, 1.165) is 48.4 Å². The number of nitrogens with one attached hydrogen (secondary N) is 1. The van der Waals surface area contributed by atoms with Gasteiger partial charge in [-0.05, 0) is 55.5 Å². The van der Waals surface area contributed by atoms with Gasteiger partial charge in [0, 0.05) is 34.6 Å². The van der Waals surface area contributed by atoms with Crippen LogP contribution in [0.15, 0.2) is 42.9 Å². The lowest BCUT2D eigenvalue weighted by Crippen LogP contribution is -2.43. The highest BCUT2D eigenvalue weighted by Crippen LogP contribution is 2.44. The molecule has 10 heteroatoms. The molecule has 1 saturated heterocycles. The minimum absolute atomic E-state index is 0.300. The number of halogens is 1. The second kappa shape index (κ2) is 9.48. The number of rotatable bonds is 5. The molecular formula is C27H24ClN5O3S. The first-order valence-corrected chi connectivity index (χ1v) is 13.1. The van der Waals surface area contributed by atoms with Crippen molar-refractivity contribution >= 4 is 49.9 Å². The van der Waals surface area contributed by atoms with Crippen molar-refractivity contribution in [1.82, 2.24) is 19.9 Å². The molecule has 1 N–H and O–H groups in total. The summed E-state index contributed by atoms with van der Waals surface area (Å²) in [6, 6.07) is 5.61. The zero-order valence-corrected chi connectivity index (χ0v) is 21.9. The smallest absolute Gasteiger partial charge is 0.259 e. The molecule has 0 bridgehead atoms. The topological polar surface area (TPSA) is 99.1 Å². The lowest BCUT2D eigenvalue weighted by atomic mass is 9.73. The SMILES string of the molecule is COc1cnc(Cl)cc1-c1cc(C)ncc1C(=O)Nc1nc2ncc(C3=CCC4(CC3)COC4)cc2s1. The molecule has 1 fully saturated rings. The van der Waals surface area contributed by atoms with E-state index in [4.69, 9.17) is 21.1 Å². The number of nitrogens with zero attached hydrogens (tertiary/aromatic N) is 4. The van der Waals surface area contributed by atoms with Crippen LogP contribution in [0.25, 0.3) is 27.0 Å². The summed E-state index contributed by atoms with van der Waals surface area (Å²) in [5.74, 6) is 0.174. The minimum Gasteiger partial charge on any atom is -0.494 e. The first-order chi connectivity index (χ1) is 17.9. The van der Waals surface area contributed by atoms with E-state index in [2.05, 4.69) is 37.4 Å². The number of methoxy groups -OCH3 is 1. The fourth-order valence-electron chi connectivity index (χ4n) is 4.83. The lowest BCUT2D eigenvalue weighted by molar-refractivity contribution is -0.116. The normalized spacial score (nSPS) is 16.4. The molecule has 1 amide bonds. The maximum absolute atomic E-state index is 13.4. The largest absolute Gasteiger partial charge is 0.494 e. The Labute approximate surface area is 222 Å². The predicted molar refractivity (Wildman–Crippen MR) is 144 cm³/mol. The molecule has 0 radical (unpaired) electrons. The second-order valence-electron chi connectivity index (χ2n) is 9.52. The maximum Gasteiger partial charge on any atom is 0.259 e. The summed E-state index contributed by atoms with van der Waals surface area (Å²) in [4.78, 5) is 30.9. The van der Waals surface area contributed by atoms with Crippen LogP contribution < -0.4 is 10.1 Å². The minimum atomic E-state index is -0.334. The molecule has 0 atom stereocenters. The number of carbonyl (C=O) groups is 1. The first-order valence-electron chi connectivity index (χ1n) is 11.9. The molecule has 1 spiro atoms. The summed E-state index contributed by atoms with van der Waals surface area (Å²) in [5, 5.41) is 3.70. The molecule has 188 valence electrons. The first kappa shape index (κ1) is 24.0. The van der Waals surface area contributed by atoms with Gasteiger partial charge in [0.2, 0.25) is 0 Å². The van der Waals surface area contributed by atoms with Crippen LogP contribution in [0, 0.1) is 12.3 Å². The Morgan fingerprint density at radius 3 is 2.73 bits per heavy atom. The van der Waals surface area contributed by atoms with Crippen molar-refractivity contribution in [2.45, 2.75) is 26.2 Å². The third-order valence-corrected chi connectivity index (χ3v) is 8.10. The van der Waals surface area contributed by atoms with Crippen molar-refractivity contribution in [2.75, 3.05) is 25.6 Å². The number of amides is 1. The number of aryl methyl sites for hydroxylation is 1. The van der Waals surface area contributed by atoms with Crippen LogP contribution in [0.5, 0.6) is 5.75 Å². The number of fused-ring (bicyclic) bond motifs is 1. The monoisotopic (exact) mass is 533 g/mol. The third-order valence-electron chi connectivity index (χ3n) is 6.99. The van der Waals surface area contributed by atoms with Crippen molar-refractivity contribution in [3.63, 3.8) is 0 Å². The third kappa shape index (κ3) is 4.58. The van der Waals surface area contributed by atoms with E-state index in [1.54, 1.807) is 19.4 Å². The van der Waals surface area contributed by atoms with Crippen molar-refractivity contribution in [1.29, 1.82) is 0 Å². The van der Waals surface area contributed by atoms with E-state index in [0.29, 0.717) is 43.8 Å². The Balaban J connectivity index is 1.27. The standard InChI is InChI=1S/C27H24ClN5O3S/c1-15-7-18(19-9-23(28)30-12-21(19)35-2)20(11-29-15)25(34)33-26-32-24-22(37-26)8-17(10-31-24)16-3-5-27(6-4-16)13-36-14-27/h3,7-12H,4-6,13-14H2,1-2H3,(H,31,32,33,34). The predicted octanol–water partition coefficient (Wildman–Crippen LogP) is 5.95. The molecule has 8 nitrogen and oxygen atoms in total. The number of pyridine rings is 3. The van der Waals surface area contributed by atoms with Crippen LogP contribution in [-0.4, -0.2) is 46.2 Å². The lowest BCUT2D eigenvalue weighted by Gasteiger charge is -2.43. The molecule has 1 aliphatic heterocycles. The van der Waals surface area contributed by atoms with Crippen molar-refractivity contribution in [2.24, 2.45) is 5.41 Å². The molecule has 5 heterocycles. The quantitative estimate of drug-likeness (QED) is 0.316. The van der Waals surface area contributed by atoms with Crippen LogP contribution in [0.1, 0.15) is 40.9 Å². The van der Waals surface area contributed by atoms with Gasteiger partial charge in [-0.2, -0.15) is 4.98 Å². The number of hydrogen-bond donors (Lipinski definition) is 1. The number of hydrogen-bond acceptors (Lipinski definition) is 8. The second-order valence-corrected chi connectivity index (χ2v) is 10.9. The van der Waals surface area contributed by atoms with Gasteiger partial charge < -0.3 is 9.47 Å². The van der Waals surface area contributed by atoms with Crippen molar-refractivity contribution in [3.8, 4) is 16.9 Å². The average Bonchev–Trinajstić information content (AvgIpc) is 3.29. The van der Waals surface area contributed by atoms with E-state index >= 15 is 0 Å². The Morgan fingerprint density at radius 2 is 2.00 bits per heavy atom. The van der Waals surface area contributed by atoms with E-state index in [9.17, 15) is 4.79 Å². The Hall–Kier alpha value is -3.40. The number of aromatic nitrogens is 4. The van der Waals surface area contributed by atoms with Gasteiger partial charge in [0.25, 0.3) is 5.91 Å². The number of anilines is 1. The molecule has 0 unspecified atom stereocenters. The van der Waals surface area contributed by atoms with Gasteiger partial charge in [-0.1, -0.05) is 29.0 Å². The molecule has 0 aromatic carbocycles. The Kier molecular flexibility index (Phi) is 6.14. The fourth-order valence-corrected chi connectivity index (χ4v) is 5.84. The molecule has 1 aliphatic carbocycles. The van der Waals surface area contributed by atoms with E-state index in [1.807, 2.05) is 19.2 Å². The molecule has 37 heavy (non-hydrogen) atoms. The molecule has 0 saturated carbocycles. The maximum atomic E-state index is 13.4. The van der Waals surface area contributed by atoms with Crippen LogP contribution in [0.2, 0.25) is 5.15 Å². The van der Waals surface area contributed by atoms with Crippen molar-refractivity contribution < 1.29 is 14.3 Å². The molecule has 4 aromatic heterocycles. The van der Waals surface area contributed by atoms with Gasteiger partial charge in [0.15, 0.2) is 10.8 Å². The highest BCUT2D eigenvalue weighted by Gasteiger charge is 2.39. The fraction of sp³-hybridized carbons (Fsp3) is 0.296. The van der Waals surface area contributed by atoms with E-state index < -0.39 is 0 Å². The molecule has 2 aliphatic rings. The summed E-state index contributed by atoms with van der Waals surface area (Å²) in [7, 11) is 1.55. The zero-order chi connectivity index (χ0) is 25.6. The summed E-state index contributed by atoms with van der Waals surface area (Å²) >= 11 is 7.56. The van der Waals surface area contributed by atoms with Crippen LogP contribution in [0.3, 0.4) is 0 Å². The zero-order valence-electron chi connectivity index (χ0n) is 20.4. The average molecular weight is 534 g/mol. The van der Waals surface area contributed by atoms with Gasteiger partial charge in [-0.15, -0.1) is 0 Å². The summed E-state index contributed by atoms with van der Waals surface area (Å²) < 4.78 is 11.8. The number of allylic oxidation sites excluding steroid dienone is 2. The number of thiazole rings is 1. The van der Waals surface area contributed by atoms with Crippen molar-refractivity contribution in [3.05, 3.63) is 64.8 Å². The summed E-state index contributed by atoms with van der Waals surface area (Å²) in [5.41, 5.74) is 5.80. The Morgan fingerprint density at radius 1 is 1.14 bits per heavy atom. The molecule has 6 rings (SSSR count). The Bertz CT molecular complexity index is 1560. The highest BCUT2D eigenvalue weighted by molar-refractivity contribution is 7.22. The molecular weight excluding hydrogens is 510 g/mol. The summed E-state index contributed by atoms with van der Waals surface area (Å²) in [6.45, 7) is 3.59. The van der Waals surface area contributed by atoms with Gasteiger partial charge in [-0.3, -0.25) is 15.1 Å². The number of ether oxygens (including phenoxy) is 2. The summed E-state index contributed by atoms with van der Waals surface area (Å²) in [6.07, 6.45) is 10.5. The van der Waals surface area contributed by atoms with Gasteiger partial charge in [-0.25, -0.2) is 9.97 Å².